The zero-order valence-electron chi connectivity index (χ0n) is 48.2. The van der Waals surface area contributed by atoms with Gasteiger partial charge in [0.15, 0.2) is 5.78 Å². The number of piperidine rings is 1. The highest BCUT2D eigenvalue weighted by Gasteiger charge is 2.53. The van der Waals surface area contributed by atoms with Crippen molar-refractivity contribution in [2.75, 3.05) is 34.5 Å². The molecule has 3 N–H and O–H groups in total. The highest BCUT2D eigenvalue weighted by Crippen LogP contribution is 2.38. The third kappa shape index (κ3) is 18.0. The molecule has 0 aromatic carbocycles. The van der Waals surface area contributed by atoms with Gasteiger partial charge >= 0.3 is 18.0 Å². The molecule has 77 heavy (non-hydrogen) atoms. The number of aliphatic hydroxyl groups is 2. The van der Waals surface area contributed by atoms with Crippen LogP contribution in [0.2, 0.25) is 0 Å². The van der Waals surface area contributed by atoms with Crippen LogP contribution in [0.25, 0.3) is 0 Å². The molecule has 10 unspecified atom stereocenters. The third-order valence-corrected chi connectivity index (χ3v) is 16.2. The molecule has 1 aliphatic carbocycles. The van der Waals surface area contributed by atoms with Gasteiger partial charge in [-0.3, -0.25) is 19.2 Å². The lowest BCUT2D eigenvalue weighted by atomic mass is 9.78. The highest BCUT2D eigenvalue weighted by molar-refractivity contribution is 6.39. The zero-order valence-corrected chi connectivity index (χ0v) is 48.2. The number of rotatable bonds is 11. The Labute approximate surface area is 457 Å². The highest BCUT2D eigenvalue weighted by atomic mass is 16.6. The number of esters is 2. The Morgan fingerprint density at radius 3 is 2.22 bits per heavy atom. The number of carbonyl (C=O) groups excluding carboxylic acids is 7. The van der Waals surface area contributed by atoms with Crippen LogP contribution in [0.1, 0.15) is 146 Å². The van der Waals surface area contributed by atoms with Crippen LogP contribution in [0.5, 0.6) is 0 Å². The SMILES string of the molecule is CCOC(=O)C(NC(=O)O[C@@H]1CCC(CC(C)C2CC(=O)C(C)/C=C(\C)[C@@H](O)C(OC)C(=O)[C@H](C)CC(C)/C=C/C=C/C=C(\C)C(OC)CC3CC[C@@H](C)[C@@](O)(O3)C(=O)C(=O)N3CCCC[C@H]3C(=O)O2)CC1OC)C(C)C. The second kappa shape index (κ2) is 30.7. The number of ether oxygens (including phenoxy) is 7. The van der Waals surface area contributed by atoms with Crippen molar-refractivity contribution in [2.24, 2.45) is 41.4 Å². The van der Waals surface area contributed by atoms with Crippen LogP contribution in [-0.4, -0.2) is 151 Å². The first-order valence-corrected chi connectivity index (χ1v) is 28.0. The average Bonchev–Trinajstić information content (AvgIpc) is 3.39. The number of alkyl carbamates (subject to hydrolysis) is 1. The molecule has 0 aromatic rings. The van der Waals surface area contributed by atoms with E-state index in [-0.39, 0.29) is 55.3 Å². The molecule has 3 aliphatic heterocycles. The Morgan fingerprint density at radius 2 is 1.57 bits per heavy atom. The summed E-state index contributed by atoms with van der Waals surface area (Å²) in [5, 5.41) is 26.2. The normalized spacial score (nSPS) is 36.2. The fraction of sp³-hybridized carbons (Fsp3) is 0.746. The molecule has 0 spiro atoms. The van der Waals surface area contributed by atoms with Gasteiger partial charge in [-0.05, 0) is 120 Å². The van der Waals surface area contributed by atoms with E-state index in [1.54, 1.807) is 61.7 Å². The first-order valence-electron chi connectivity index (χ1n) is 28.0. The number of amides is 2. The van der Waals surface area contributed by atoms with Crippen LogP contribution >= 0.6 is 0 Å². The van der Waals surface area contributed by atoms with E-state index in [1.807, 2.05) is 51.2 Å². The molecule has 0 aromatic heterocycles. The number of methoxy groups -OCH3 is 3. The van der Waals surface area contributed by atoms with Gasteiger partial charge in [0.05, 0.1) is 24.9 Å². The molecule has 4 rings (SSSR count). The molecule has 2 saturated heterocycles. The van der Waals surface area contributed by atoms with Crippen molar-refractivity contribution in [2.45, 2.75) is 207 Å². The van der Waals surface area contributed by atoms with Crippen molar-refractivity contribution >= 4 is 41.3 Å². The van der Waals surface area contributed by atoms with Crippen LogP contribution < -0.4 is 5.32 Å². The number of nitrogens with one attached hydrogen (secondary N) is 1. The maximum Gasteiger partial charge on any atom is 0.408 e. The van der Waals surface area contributed by atoms with E-state index in [1.165, 1.54) is 19.1 Å². The number of aliphatic hydroxyl groups excluding tert-OH is 1. The summed E-state index contributed by atoms with van der Waals surface area (Å²) in [6.45, 7) is 18.0. The minimum absolute atomic E-state index is 0.00789. The summed E-state index contributed by atoms with van der Waals surface area (Å²) in [6.07, 6.45) is 9.08. The zero-order chi connectivity index (χ0) is 57.3. The van der Waals surface area contributed by atoms with Crippen molar-refractivity contribution in [1.82, 2.24) is 10.2 Å². The van der Waals surface area contributed by atoms with Gasteiger partial charge in [0, 0.05) is 58.5 Å². The van der Waals surface area contributed by atoms with Crippen LogP contribution in [-0.2, 0) is 61.9 Å². The molecule has 18 heteroatoms. The monoisotopic (exact) mass is 1080 g/mol. The Kier molecular flexibility index (Phi) is 25.9. The second-order valence-electron chi connectivity index (χ2n) is 22.6. The standard InChI is InChI=1S/C59H92N2O16/c1-14-74-57(68)50(34(2)3)60-58(69)76-46-26-24-42(31-49(46)72-12)30-38(7)48-33-45(62)37(6)29-40(9)52(64)53(73-13)51(63)39(8)28-35(4)20-16-15-17-21-36(5)47(71-11)32-43-25-23-41(10)59(70,77-43)54(65)55(66)61-27-19-18-22-44(61)56(67)75-48/h15-17,20-21,29,34-35,37-39,41-44,46-50,52-53,64,70H,14,18-19,22-28,30-33H2,1-13H3,(H,60,69)/b17-15+,20-16+,36-21+,40-29+/t35?,37?,38?,39-,41-,42?,43?,44+,46-,47?,48?,49?,50?,52-,53?,59-/m1/s1. The number of hydrogen-bond donors (Lipinski definition) is 3. The van der Waals surface area contributed by atoms with Crippen LogP contribution in [0.3, 0.4) is 0 Å². The van der Waals surface area contributed by atoms with Crippen molar-refractivity contribution < 1.29 is 76.9 Å². The predicted molar refractivity (Wildman–Crippen MR) is 288 cm³/mol. The Morgan fingerprint density at radius 1 is 0.857 bits per heavy atom. The Balaban J connectivity index is 1.67. The number of Topliss-reactive ketones (excluding diaryl/α,β-unsaturated/α-hetero) is 3. The molecule has 2 bridgehead atoms. The molecule has 1 saturated carbocycles. The summed E-state index contributed by atoms with van der Waals surface area (Å²) in [6, 6.07) is -2.11. The van der Waals surface area contributed by atoms with Gasteiger partial charge in [0.2, 0.25) is 5.79 Å². The van der Waals surface area contributed by atoms with Gasteiger partial charge in [-0.1, -0.05) is 84.9 Å². The molecule has 3 heterocycles. The van der Waals surface area contributed by atoms with Crippen molar-refractivity contribution in [3.05, 3.63) is 47.6 Å². The number of carbonyl (C=O) groups is 7. The number of nitrogens with zero attached hydrogens (tertiary/aromatic N) is 1. The molecule has 18 nitrogen and oxygen atoms in total. The number of fused-ring (bicyclic) bond motifs is 3. The molecule has 4 aliphatic rings. The van der Waals surface area contributed by atoms with Gasteiger partial charge in [-0.2, -0.15) is 0 Å². The number of cyclic esters (lactones) is 1. The van der Waals surface area contributed by atoms with Crippen LogP contribution in [0.15, 0.2) is 47.6 Å². The van der Waals surface area contributed by atoms with Gasteiger partial charge in [-0.25, -0.2) is 14.4 Å². The minimum Gasteiger partial charge on any atom is -0.464 e. The molecule has 0 radical (unpaired) electrons. The van der Waals surface area contributed by atoms with E-state index in [0.29, 0.717) is 69.8 Å². The summed E-state index contributed by atoms with van der Waals surface area (Å²) in [5.41, 5.74) is 1.21. The van der Waals surface area contributed by atoms with Gasteiger partial charge in [0.25, 0.3) is 11.7 Å². The van der Waals surface area contributed by atoms with Gasteiger partial charge in [-0.15, -0.1) is 0 Å². The first kappa shape index (κ1) is 64.9. The molecule has 3 fully saturated rings. The van der Waals surface area contributed by atoms with Gasteiger partial charge < -0.3 is 53.6 Å². The topological polar surface area (TPSA) is 240 Å². The van der Waals surface area contributed by atoms with E-state index in [2.05, 4.69) is 5.32 Å². The number of ketones is 3. The molecule has 16 atom stereocenters. The first-order chi connectivity index (χ1) is 36.4. The van der Waals surface area contributed by atoms with Crippen LogP contribution in [0.4, 0.5) is 4.79 Å². The van der Waals surface area contributed by atoms with Crippen molar-refractivity contribution in [3.63, 3.8) is 0 Å². The third-order valence-electron chi connectivity index (χ3n) is 16.2. The second-order valence-corrected chi connectivity index (χ2v) is 22.6. The molecule has 2 amide bonds. The minimum atomic E-state index is -2.47. The summed E-state index contributed by atoms with van der Waals surface area (Å²) in [5.74, 6) is -9.43. The summed E-state index contributed by atoms with van der Waals surface area (Å²) >= 11 is 0. The van der Waals surface area contributed by atoms with E-state index < -0.39 is 114 Å². The largest absolute Gasteiger partial charge is 0.464 e. The Hall–Kier alpha value is -4.59. The lowest BCUT2D eigenvalue weighted by molar-refractivity contribution is -0.265. The lowest BCUT2D eigenvalue weighted by Crippen LogP contribution is -2.61. The summed E-state index contributed by atoms with van der Waals surface area (Å²) < 4.78 is 40.8. The number of allylic oxidation sites excluding steroid dienone is 6. The van der Waals surface area contributed by atoms with E-state index in [9.17, 15) is 43.8 Å². The molecular weight excluding hydrogens is 993 g/mol. The number of hydrogen-bond acceptors (Lipinski definition) is 16. The Bertz CT molecular complexity index is 2140. The van der Waals surface area contributed by atoms with E-state index >= 15 is 0 Å². The summed E-state index contributed by atoms with van der Waals surface area (Å²) in [7, 11) is 4.45. The van der Waals surface area contributed by atoms with Crippen molar-refractivity contribution in [1.29, 1.82) is 0 Å². The maximum absolute atomic E-state index is 14.6. The van der Waals surface area contributed by atoms with Gasteiger partial charge in [0.1, 0.15) is 42.3 Å². The quantitative estimate of drug-likeness (QED) is 0.0785. The van der Waals surface area contributed by atoms with Crippen LogP contribution in [0, 0.1) is 41.4 Å². The molecule has 434 valence electrons. The van der Waals surface area contributed by atoms with Crippen molar-refractivity contribution in [3.8, 4) is 0 Å². The average molecular weight is 1090 g/mol. The maximum atomic E-state index is 14.6. The van der Waals surface area contributed by atoms with E-state index in [0.717, 1.165) is 5.57 Å². The summed E-state index contributed by atoms with van der Waals surface area (Å²) in [4.78, 5) is 98.4. The lowest BCUT2D eigenvalue weighted by Gasteiger charge is -2.42. The fourth-order valence-electron chi connectivity index (χ4n) is 11.3. The predicted octanol–water partition coefficient (Wildman–Crippen LogP) is 7.50. The fourth-order valence-corrected chi connectivity index (χ4v) is 11.3. The van der Waals surface area contributed by atoms with E-state index in [4.69, 9.17) is 33.2 Å². The molecular formula is C59H92N2O16. The smallest absolute Gasteiger partial charge is 0.408 e.